The van der Waals surface area contributed by atoms with E-state index in [0.717, 1.165) is 0 Å². The zero-order valence-corrected chi connectivity index (χ0v) is 12.3. The van der Waals surface area contributed by atoms with E-state index in [2.05, 4.69) is 5.10 Å². The van der Waals surface area contributed by atoms with Gasteiger partial charge in [0.05, 0.1) is 27.5 Å². The molecule has 6 nitrogen and oxygen atoms in total. The fourth-order valence-electron chi connectivity index (χ4n) is 2.36. The van der Waals surface area contributed by atoms with Crippen LogP contribution in [0.25, 0.3) is 6.08 Å². The molecule has 0 fully saturated rings. The number of para-hydroxylation sites is 2. The average molecular weight is 307 g/mol. The van der Waals surface area contributed by atoms with E-state index in [1.54, 1.807) is 37.3 Å². The largest absolute Gasteiger partial charge is 0.280 e. The van der Waals surface area contributed by atoms with Gasteiger partial charge in [-0.05, 0) is 31.2 Å². The first-order valence-corrected chi connectivity index (χ1v) is 6.98. The highest BCUT2D eigenvalue weighted by molar-refractivity contribution is 6.32. The van der Waals surface area contributed by atoms with Crippen LogP contribution in [-0.2, 0) is 4.79 Å². The smallest absolute Gasteiger partial charge is 0.267 e. The van der Waals surface area contributed by atoms with Gasteiger partial charge in [-0.2, -0.15) is 10.1 Å². The molecular formula is C17H13N3O3. The van der Waals surface area contributed by atoms with Crippen molar-refractivity contribution in [1.29, 1.82) is 0 Å². The van der Waals surface area contributed by atoms with Gasteiger partial charge in [-0.25, -0.2) is 0 Å². The highest BCUT2D eigenvalue weighted by Gasteiger charge is 2.29. The molecule has 23 heavy (non-hydrogen) atoms. The lowest BCUT2D eigenvalue weighted by atomic mass is 10.1. The molecule has 1 heterocycles. The quantitative estimate of drug-likeness (QED) is 0.495. The summed E-state index contributed by atoms with van der Waals surface area (Å²) in [6.07, 6.45) is 1.52. The first kappa shape index (κ1) is 14.6. The maximum Gasteiger partial charge on any atom is 0.280 e. The van der Waals surface area contributed by atoms with Crippen LogP contribution in [0, 0.1) is 10.1 Å². The van der Waals surface area contributed by atoms with Gasteiger partial charge in [0.15, 0.2) is 0 Å². The van der Waals surface area contributed by atoms with Crippen molar-refractivity contribution in [3.63, 3.8) is 0 Å². The van der Waals surface area contributed by atoms with Gasteiger partial charge < -0.3 is 0 Å². The molecule has 0 saturated carbocycles. The Morgan fingerprint density at radius 2 is 1.74 bits per heavy atom. The number of hydrogen-bond donors (Lipinski definition) is 0. The molecule has 2 aromatic rings. The Labute approximate surface area is 132 Å². The summed E-state index contributed by atoms with van der Waals surface area (Å²) < 4.78 is 0. The van der Waals surface area contributed by atoms with Crippen LogP contribution < -0.4 is 5.01 Å². The zero-order chi connectivity index (χ0) is 16.4. The normalized spacial score (nSPS) is 15.9. The third-order valence-electron chi connectivity index (χ3n) is 3.50. The number of anilines is 1. The van der Waals surface area contributed by atoms with E-state index in [0.29, 0.717) is 22.5 Å². The summed E-state index contributed by atoms with van der Waals surface area (Å²) in [5, 5.41) is 16.7. The lowest BCUT2D eigenvalue weighted by Gasteiger charge is -2.11. The summed E-state index contributed by atoms with van der Waals surface area (Å²) in [4.78, 5) is 23.2. The number of nitro groups is 1. The summed E-state index contributed by atoms with van der Waals surface area (Å²) in [5.74, 6) is -0.299. The molecule has 1 amide bonds. The standard InChI is InChI=1S/C17H13N3O3/c1-12-15(11-13-7-5-6-10-16(13)20(22)23)17(21)19(18-12)14-8-3-2-4-9-14/h2-11H,1H3/b15-11+. The lowest BCUT2D eigenvalue weighted by Crippen LogP contribution is -2.21. The van der Waals surface area contributed by atoms with Crippen molar-refractivity contribution in [3.05, 3.63) is 75.8 Å². The second-order valence-corrected chi connectivity index (χ2v) is 5.01. The van der Waals surface area contributed by atoms with Gasteiger partial charge in [0.1, 0.15) is 0 Å². The maximum atomic E-state index is 12.6. The molecular weight excluding hydrogens is 294 g/mol. The molecule has 2 aromatic carbocycles. The van der Waals surface area contributed by atoms with Crippen LogP contribution in [0.4, 0.5) is 11.4 Å². The molecule has 3 rings (SSSR count). The van der Waals surface area contributed by atoms with Gasteiger partial charge in [-0.3, -0.25) is 14.9 Å². The molecule has 0 aromatic heterocycles. The lowest BCUT2D eigenvalue weighted by molar-refractivity contribution is -0.385. The Kier molecular flexibility index (Phi) is 3.72. The van der Waals surface area contributed by atoms with Gasteiger partial charge in [-0.1, -0.05) is 30.3 Å². The number of rotatable bonds is 3. The van der Waals surface area contributed by atoms with Gasteiger partial charge in [0.2, 0.25) is 0 Å². The molecule has 6 heteroatoms. The van der Waals surface area contributed by atoms with Crippen LogP contribution in [0.3, 0.4) is 0 Å². The van der Waals surface area contributed by atoms with Crippen molar-refractivity contribution in [2.75, 3.05) is 5.01 Å². The molecule has 0 radical (unpaired) electrons. The number of carbonyl (C=O) groups is 1. The van der Waals surface area contributed by atoms with Gasteiger partial charge in [0, 0.05) is 6.07 Å². The summed E-state index contributed by atoms with van der Waals surface area (Å²) >= 11 is 0. The van der Waals surface area contributed by atoms with Crippen LogP contribution >= 0.6 is 0 Å². The average Bonchev–Trinajstić information content (AvgIpc) is 2.84. The van der Waals surface area contributed by atoms with Gasteiger partial charge in [0.25, 0.3) is 11.6 Å². The van der Waals surface area contributed by atoms with E-state index in [4.69, 9.17) is 0 Å². The van der Waals surface area contributed by atoms with Crippen LogP contribution in [0.1, 0.15) is 12.5 Å². The number of amides is 1. The predicted molar refractivity (Wildman–Crippen MR) is 88.1 cm³/mol. The molecule has 0 saturated heterocycles. The van der Waals surface area contributed by atoms with E-state index in [-0.39, 0.29) is 11.6 Å². The van der Waals surface area contributed by atoms with Crippen molar-refractivity contribution in [2.24, 2.45) is 5.10 Å². The number of nitrogens with zero attached hydrogens (tertiary/aromatic N) is 3. The van der Waals surface area contributed by atoms with Crippen LogP contribution in [-0.4, -0.2) is 16.5 Å². The van der Waals surface area contributed by atoms with E-state index in [1.807, 2.05) is 18.2 Å². The highest BCUT2D eigenvalue weighted by Crippen LogP contribution is 2.27. The zero-order valence-electron chi connectivity index (χ0n) is 12.3. The number of hydrazone groups is 1. The Morgan fingerprint density at radius 3 is 2.43 bits per heavy atom. The Hall–Kier alpha value is -3.28. The third kappa shape index (κ3) is 2.74. The van der Waals surface area contributed by atoms with Crippen molar-refractivity contribution >= 4 is 29.1 Å². The first-order chi connectivity index (χ1) is 11.1. The van der Waals surface area contributed by atoms with Crippen LogP contribution in [0.15, 0.2) is 65.3 Å². The second kappa shape index (κ2) is 5.84. The first-order valence-electron chi connectivity index (χ1n) is 6.98. The Balaban J connectivity index is 2.01. The fourth-order valence-corrected chi connectivity index (χ4v) is 2.36. The second-order valence-electron chi connectivity index (χ2n) is 5.01. The van der Waals surface area contributed by atoms with Gasteiger partial charge in [-0.15, -0.1) is 0 Å². The summed E-state index contributed by atoms with van der Waals surface area (Å²) in [7, 11) is 0. The molecule has 0 aliphatic carbocycles. The van der Waals surface area contributed by atoms with Crippen molar-refractivity contribution in [1.82, 2.24) is 0 Å². The molecule has 0 N–H and O–H groups in total. The molecule has 0 atom stereocenters. The molecule has 114 valence electrons. The molecule has 1 aliphatic rings. The molecule has 0 spiro atoms. The highest BCUT2D eigenvalue weighted by atomic mass is 16.6. The molecule has 0 bridgehead atoms. The fraction of sp³-hybridized carbons (Fsp3) is 0.0588. The van der Waals surface area contributed by atoms with E-state index in [9.17, 15) is 14.9 Å². The number of nitro benzene ring substituents is 1. The molecule has 1 aliphatic heterocycles. The Bertz CT molecular complexity index is 841. The number of hydrogen-bond acceptors (Lipinski definition) is 4. The molecule has 0 unspecified atom stereocenters. The van der Waals surface area contributed by atoms with E-state index >= 15 is 0 Å². The van der Waals surface area contributed by atoms with E-state index in [1.165, 1.54) is 17.2 Å². The number of carbonyl (C=O) groups excluding carboxylic acids is 1. The van der Waals surface area contributed by atoms with E-state index < -0.39 is 4.92 Å². The Morgan fingerprint density at radius 1 is 1.09 bits per heavy atom. The summed E-state index contributed by atoms with van der Waals surface area (Å²) in [6, 6.07) is 15.3. The summed E-state index contributed by atoms with van der Waals surface area (Å²) in [5.41, 5.74) is 1.87. The van der Waals surface area contributed by atoms with Crippen LogP contribution in [0.5, 0.6) is 0 Å². The van der Waals surface area contributed by atoms with Crippen molar-refractivity contribution < 1.29 is 9.72 Å². The SMILES string of the molecule is CC1=NN(c2ccccc2)C(=O)/C1=C/c1ccccc1[N+](=O)[O-]. The third-order valence-corrected chi connectivity index (χ3v) is 3.50. The predicted octanol–water partition coefficient (Wildman–Crippen LogP) is 3.40. The minimum atomic E-state index is -0.465. The van der Waals surface area contributed by atoms with Gasteiger partial charge >= 0.3 is 0 Å². The van der Waals surface area contributed by atoms with Crippen molar-refractivity contribution in [2.45, 2.75) is 6.92 Å². The number of benzene rings is 2. The minimum Gasteiger partial charge on any atom is -0.267 e. The summed E-state index contributed by atoms with van der Waals surface area (Å²) in [6.45, 7) is 1.71. The monoisotopic (exact) mass is 307 g/mol. The minimum absolute atomic E-state index is 0.0428. The maximum absolute atomic E-state index is 12.6. The van der Waals surface area contributed by atoms with Crippen LogP contribution in [0.2, 0.25) is 0 Å². The topological polar surface area (TPSA) is 75.8 Å². The van der Waals surface area contributed by atoms with Crippen molar-refractivity contribution in [3.8, 4) is 0 Å².